The van der Waals surface area contributed by atoms with E-state index in [1.54, 1.807) is 12.4 Å². The van der Waals surface area contributed by atoms with Crippen molar-refractivity contribution < 1.29 is 14.7 Å². The number of nitrogens with one attached hydrogen (secondary N) is 2. The van der Waals surface area contributed by atoms with Crippen molar-refractivity contribution >= 4 is 11.9 Å². The minimum atomic E-state index is -1.02. The Bertz CT molecular complexity index is 399. The third-order valence-electron chi connectivity index (χ3n) is 2.65. The van der Waals surface area contributed by atoms with Gasteiger partial charge in [-0.15, -0.1) is 0 Å². The van der Waals surface area contributed by atoms with Gasteiger partial charge in [-0.3, -0.25) is 9.59 Å². The molecule has 1 rings (SSSR count). The summed E-state index contributed by atoms with van der Waals surface area (Å²) in [5.41, 5.74) is -1.02. The number of aliphatic carboxylic acids is 1. The number of H-pyrrole nitrogens is 1. The Morgan fingerprint density at radius 3 is 2.78 bits per heavy atom. The molecule has 1 amide bonds. The van der Waals surface area contributed by atoms with Gasteiger partial charge in [-0.25, -0.2) is 4.98 Å². The molecule has 0 saturated carbocycles. The predicted molar refractivity (Wildman–Crippen MR) is 66.0 cm³/mol. The molecule has 1 heterocycles. The summed E-state index contributed by atoms with van der Waals surface area (Å²) in [7, 11) is 0. The van der Waals surface area contributed by atoms with Crippen LogP contribution in [0.1, 0.15) is 32.5 Å². The molecule has 0 unspecified atom stereocenters. The van der Waals surface area contributed by atoms with Gasteiger partial charge in [0.25, 0.3) is 0 Å². The number of carboxylic acid groups (broad SMARTS) is 1. The van der Waals surface area contributed by atoms with Gasteiger partial charge in [0.1, 0.15) is 5.82 Å². The molecule has 18 heavy (non-hydrogen) atoms. The topological polar surface area (TPSA) is 95.1 Å². The number of rotatable bonds is 7. The van der Waals surface area contributed by atoms with E-state index in [9.17, 15) is 9.59 Å². The van der Waals surface area contributed by atoms with E-state index in [1.165, 1.54) is 13.8 Å². The van der Waals surface area contributed by atoms with Crippen LogP contribution >= 0.6 is 0 Å². The SMILES string of the molecule is CC(C)(CC(=O)NCCCc1ncc[nH]1)C(=O)O. The second kappa shape index (κ2) is 6.18. The Balaban J connectivity index is 2.19. The summed E-state index contributed by atoms with van der Waals surface area (Å²) in [5, 5.41) is 11.6. The molecule has 0 aliphatic carbocycles. The van der Waals surface area contributed by atoms with Crippen molar-refractivity contribution in [3.8, 4) is 0 Å². The monoisotopic (exact) mass is 253 g/mol. The van der Waals surface area contributed by atoms with Crippen molar-refractivity contribution in [3.63, 3.8) is 0 Å². The molecule has 1 aromatic rings. The Labute approximate surface area is 106 Å². The number of carboxylic acids is 1. The molecule has 0 aliphatic heterocycles. The number of amides is 1. The van der Waals surface area contributed by atoms with Gasteiger partial charge < -0.3 is 15.4 Å². The number of aromatic amines is 1. The molecule has 0 saturated heterocycles. The highest BCUT2D eigenvalue weighted by molar-refractivity contribution is 5.84. The first kappa shape index (κ1) is 14.2. The molecule has 1 aromatic heterocycles. The largest absolute Gasteiger partial charge is 0.481 e. The van der Waals surface area contributed by atoms with Gasteiger partial charge in [-0.1, -0.05) is 0 Å². The molecule has 0 bridgehead atoms. The van der Waals surface area contributed by atoms with E-state index >= 15 is 0 Å². The van der Waals surface area contributed by atoms with Crippen molar-refractivity contribution in [1.82, 2.24) is 15.3 Å². The van der Waals surface area contributed by atoms with Crippen molar-refractivity contribution in [2.75, 3.05) is 6.54 Å². The van der Waals surface area contributed by atoms with Crippen molar-refractivity contribution in [2.45, 2.75) is 33.1 Å². The average Bonchev–Trinajstić information content (AvgIpc) is 2.76. The fraction of sp³-hybridized carbons (Fsp3) is 0.583. The molecule has 0 aromatic carbocycles. The second-order valence-electron chi connectivity index (χ2n) is 4.86. The third-order valence-corrected chi connectivity index (χ3v) is 2.65. The lowest BCUT2D eigenvalue weighted by molar-refractivity contribution is -0.149. The quantitative estimate of drug-likeness (QED) is 0.631. The fourth-order valence-corrected chi connectivity index (χ4v) is 1.46. The molecule has 6 nitrogen and oxygen atoms in total. The summed E-state index contributed by atoms with van der Waals surface area (Å²) < 4.78 is 0. The maximum absolute atomic E-state index is 11.5. The van der Waals surface area contributed by atoms with Gasteiger partial charge in [0.15, 0.2) is 0 Å². The molecule has 0 radical (unpaired) electrons. The summed E-state index contributed by atoms with van der Waals surface area (Å²) >= 11 is 0. The minimum absolute atomic E-state index is 0.0108. The van der Waals surface area contributed by atoms with Crippen LogP contribution in [0.4, 0.5) is 0 Å². The lowest BCUT2D eigenvalue weighted by Gasteiger charge is -2.18. The molecule has 0 atom stereocenters. The highest BCUT2D eigenvalue weighted by atomic mass is 16.4. The third kappa shape index (κ3) is 4.57. The first-order valence-electron chi connectivity index (χ1n) is 5.90. The number of hydrogen-bond acceptors (Lipinski definition) is 3. The minimum Gasteiger partial charge on any atom is -0.481 e. The maximum Gasteiger partial charge on any atom is 0.309 e. The predicted octanol–water partition coefficient (Wildman–Crippen LogP) is 0.959. The Hall–Kier alpha value is -1.85. The van der Waals surface area contributed by atoms with Crippen LogP contribution in [0.3, 0.4) is 0 Å². The highest BCUT2D eigenvalue weighted by Crippen LogP contribution is 2.19. The molecule has 0 fully saturated rings. The molecule has 0 aliphatic rings. The van der Waals surface area contributed by atoms with E-state index in [0.717, 1.165) is 18.7 Å². The van der Waals surface area contributed by atoms with E-state index in [-0.39, 0.29) is 12.3 Å². The van der Waals surface area contributed by atoms with Crippen LogP contribution in [0.25, 0.3) is 0 Å². The number of carbonyl (C=O) groups excluding carboxylic acids is 1. The summed E-state index contributed by atoms with van der Waals surface area (Å²) in [6, 6.07) is 0. The summed E-state index contributed by atoms with van der Waals surface area (Å²) in [6.45, 7) is 3.60. The summed E-state index contributed by atoms with van der Waals surface area (Å²) in [5.74, 6) is -0.315. The molecule has 0 spiro atoms. The first-order chi connectivity index (χ1) is 8.42. The van der Waals surface area contributed by atoms with E-state index in [0.29, 0.717) is 6.54 Å². The van der Waals surface area contributed by atoms with E-state index < -0.39 is 11.4 Å². The number of aromatic nitrogens is 2. The Morgan fingerprint density at radius 2 is 2.22 bits per heavy atom. The lowest BCUT2D eigenvalue weighted by Crippen LogP contribution is -2.33. The molecule has 100 valence electrons. The normalized spacial score (nSPS) is 11.2. The maximum atomic E-state index is 11.5. The van der Waals surface area contributed by atoms with Gasteiger partial charge in [-0.2, -0.15) is 0 Å². The number of carbonyl (C=O) groups is 2. The molecular formula is C12H19N3O3. The lowest BCUT2D eigenvalue weighted by atomic mass is 9.89. The van der Waals surface area contributed by atoms with Gasteiger partial charge in [0, 0.05) is 31.8 Å². The Morgan fingerprint density at radius 1 is 1.50 bits per heavy atom. The Kier molecular flexibility index (Phi) is 4.88. The van der Waals surface area contributed by atoms with Crippen LogP contribution in [-0.2, 0) is 16.0 Å². The van der Waals surface area contributed by atoms with E-state index in [2.05, 4.69) is 15.3 Å². The summed E-state index contributed by atoms with van der Waals surface area (Å²) in [4.78, 5) is 29.4. The molecule has 3 N–H and O–H groups in total. The zero-order valence-corrected chi connectivity index (χ0v) is 10.7. The average molecular weight is 253 g/mol. The smallest absolute Gasteiger partial charge is 0.309 e. The van der Waals surface area contributed by atoms with Crippen molar-refractivity contribution in [1.29, 1.82) is 0 Å². The van der Waals surface area contributed by atoms with Crippen LogP contribution in [0.15, 0.2) is 12.4 Å². The summed E-state index contributed by atoms with van der Waals surface area (Å²) in [6.07, 6.45) is 4.96. The first-order valence-corrected chi connectivity index (χ1v) is 5.90. The van der Waals surface area contributed by atoms with Crippen LogP contribution in [0.5, 0.6) is 0 Å². The van der Waals surface area contributed by atoms with Gasteiger partial charge >= 0.3 is 5.97 Å². The molecular weight excluding hydrogens is 234 g/mol. The van der Waals surface area contributed by atoms with Crippen LogP contribution in [0, 0.1) is 5.41 Å². The number of nitrogens with zero attached hydrogens (tertiary/aromatic N) is 1. The van der Waals surface area contributed by atoms with Gasteiger partial charge in [-0.05, 0) is 20.3 Å². The zero-order valence-electron chi connectivity index (χ0n) is 10.7. The second-order valence-corrected chi connectivity index (χ2v) is 4.86. The van der Waals surface area contributed by atoms with E-state index in [4.69, 9.17) is 5.11 Å². The fourth-order valence-electron chi connectivity index (χ4n) is 1.46. The highest BCUT2D eigenvalue weighted by Gasteiger charge is 2.29. The van der Waals surface area contributed by atoms with E-state index in [1.807, 2.05) is 0 Å². The molecule has 6 heteroatoms. The van der Waals surface area contributed by atoms with Gasteiger partial charge in [0.2, 0.25) is 5.91 Å². The van der Waals surface area contributed by atoms with Gasteiger partial charge in [0.05, 0.1) is 5.41 Å². The number of aryl methyl sites for hydroxylation is 1. The van der Waals surface area contributed by atoms with Crippen LogP contribution in [-0.4, -0.2) is 33.5 Å². The van der Waals surface area contributed by atoms with Crippen LogP contribution in [0.2, 0.25) is 0 Å². The zero-order chi connectivity index (χ0) is 13.6. The van der Waals surface area contributed by atoms with Crippen molar-refractivity contribution in [2.24, 2.45) is 5.41 Å². The van der Waals surface area contributed by atoms with Crippen molar-refractivity contribution in [3.05, 3.63) is 18.2 Å². The standard InChI is InChI=1S/C12H19N3O3/c1-12(2,11(17)18)8-10(16)15-5-3-4-9-13-6-7-14-9/h6-7H,3-5,8H2,1-2H3,(H,13,14)(H,15,16)(H,17,18). The number of hydrogen-bond donors (Lipinski definition) is 3. The number of imidazole rings is 1. The van der Waals surface area contributed by atoms with Crippen LogP contribution < -0.4 is 5.32 Å².